The molecule has 2 fully saturated rings. The molecule has 34 heavy (non-hydrogen) atoms. The number of ether oxygens (including phenoxy) is 3. The minimum absolute atomic E-state index is 0.0742. The molecule has 1 N–H and O–H groups in total. The van der Waals surface area contributed by atoms with Crippen molar-refractivity contribution in [3.05, 3.63) is 60.7 Å². The molecule has 0 aromatic heterocycles. The van der Waals surface area contributed by atoms with Crippen LogP contribution in [0.15, 0.2) is 60.7 Å². The first-order valence-electron chi connectivity index (χ1n) is 11.9. The van der Waals surface area contributed by atoms with Crippen LogP contribution in [0.2, 0.25) is 5.04 Å². The molecule has 0 radical (unpaired) electrons. The normalized spacial score (nSPS) is 28.9. The van der Waals surface area contributed by atoms with E-state index in [1.807, 2.05) is 50.2 Å². The summed E-state index contributed by atoms with van der Waals surface area (Å²) in [6.45, 7) is 10.3. The van der Waals surface area contributed by atoms with Crippen LogP contribution in [0.5, 0.6) is 0 Å². The first kappa shape index (κ1) is 25.1. The first-order valence-corrected chi connectivity index (χ1v) is 13.8. The van der Waals surface area contributed by atoms with E-state index < -0.39 is 44.0 Å². The molecule has 2 aromatic carbocycles. The van der Waals surface area contributed by atoms with Gasteiger partial charge in [0.25, 0.3) is 8.32 Å². The number of rotatable bonds is 5. The van der Waals surface area contributed by atoms with Gasteiger partial charge in [-0.1, -0.05) is 81.4 Å². The highest BCUT2D eigenvalue weighted by molar-refractivity contribution is 6.99. The Morgan fingerprint density at radius 2 is 1.50 bits per heavy atom. The molecule has 184 valence electrons. The molecule has 6 nitrogen and oxygen atoms in total. The fourth-order valence-corrected chi connectivity index (χ4v) is 10.3. The average Bonchev–Trinajstić information content (AvgIpc) is 3.10. The third-order valence-electron chi connectivity index (χ3n) is 6.98. The second-order valence-corrected chi connectivity index (χ2v) is 15.1. The number of hydrogen-bond acceptors (Lipinski definition) is 6. The van der Waals surface area contributed by atoms with Crippen LogP contribution in [0.4, 0.5) is 0 Å². The molecule has 0 spiro atoms. The molecular formula is C27H36O6Si. The highest BCUT2D eigenvalue weighted by atomic mass is 28.4. The van der Waals surface area contributed by atoms with Crippen molar-refractivity contribution < 1.29 is 28.5 Å². The van der Waals surface area contributed by atoms with E-state index in [0.717, 1.165) is 10.4 Å². The highest BCUT2D eigenvalue weighted by Gasteiger charge is 2.60. The van der Waals surface area contributed by atoms with E-state index in [-0.39, 0.29) is 17.9 Å². The van der Waals surface area contributed by atoms with E-state index >= 15 is 0 Å². The van der Waals surface area contributed by atoms with E-state index in [4.69, 9.17) is 18.6 Å². The summed E-state index contributed by atoms with van der Waals surface area (Å²) in [7, 11) is -1.66. The highest BCUT2D eigenvalue weighted by Crippen LogP contribution is 2.46. The number of carbonyl (C=O) groups excluding carboxylic acids is 1. The predicted octanol–water partition coefficient (Wildman–Crippen LogP) is 3.15. The first-order chi connectivity index (χ1) is 15.9. The van der Waals surface area contributed by atoms with E-state index in [1.165, 1.54) is 7.11 Å². The van der Waals surface area contributed by atoms with Crippen molar-refractivity contribution in [2.75, 3.05) is 7.11 Å². The maximum atomic E-state index is 12.7. The second-order valence-electron chi connectivity index (χ2n) is 10.9. The Morgan fingerprint density at radius 3 is 1.97 bits per heavy atom. The second kappa shape index (κ2) is 8.88. The van der Waals surface area contributed by atoms with Crippen LogP contribution in [0, 0.1) is 0 Å². The maximum absolute atomic E-state index is 12.7. The molecule has 4 rings (SSSR count). The monoisotopic (exact) mass is 484 g/mol. The van der Waals surface area contributed by atoms with Gasteiger partial charge in [0, 0.05) is 12.8 Å². The molecule has 7 heteroatoms. The van der Waals surface area contributed by atoms with Crippen molar-refractivity contribution >= 4 is 24.7 Å². The summed E-state index contributed by atoms with van der Waals surface area (Å²) < 4.78 is 24.7. The molecule has 1 aliphatic heterocycles. The molecule has 1 heterocycles. The molecule has 2 aromatic rings. The molecule has 0 amide bonds. The number of methoxy groups -OCH3 is 1. The minimum Gasteiger partial charge on any atom is -0.467 e. The van der Waals surface area contributed by atoms with Gasteiger partial charge in [0.05, 0.1) is 19.3 Å². The van der Waals surface area contributed by atoms with E-state index in [9.17, 15) is 9.90 Å². The molecule has 1 saturated heterocycles. The Morgan fingerprint density at radius 1 is 0.971 bits per heavy atom. The van der Waals surface area contributed by atoms with Gasteiger partial charge in [0.15, 0.2) is 11.4 Å². The van der Waals surface area contributed by atoms with E-state index in [2.05, 4.69) is 45.0 Å². The van der Waals surface area contributed by atoms with Crippen LogP contribution in [-0.4, -0.2) is 56.2 Å². The lowest BCUT2D eigenvalue weighted by molar-refractivity contribution is -0.178. The summed E-state index contributed by atoms with van der Waals surface area (Å²) in [4.78, 5) is 12.7. The fourth-order valence-electron chi connectivity index (χ4n) is 5.58. The number of esters is 1. The molecular weight excluding hydrogens is 448 g/mol. The number of carbonyl (C=O) groups is 1. The number of hydrogen-bond donors (Lipinski definition) is 1. The summed E-state index contributed by atoms with van der Waals surface area (Å²) in [6.07, 6.45) is -1.30. The summed E-state index contributed by atoms with van der Waals surface area (Å²) in [5.74, 6) is -1.51. The Balaban J connectivity index is 1.86. The van der Waals surface area contributed by atoms with Crippen molar-refractivity contribution in [2.24, 2.45) is 0 Å². The van der Waals surface area contributed by atoms with Gasteiger partial charge in [-0.15, -0.1) is 0 Å². The standard InChI is InChI=1S/C27H36O6Si/c1-25(2,3)34(19-13-9-7-10-14-19,20-15-11-8-12-16-20)33-22-18-27(29,24(28)30-6)17-21-23(22)32-26(4,5)31-21/h7-16,21-23,29H,17-18H2,1-6H3/t21-,22-,23-,27+/m1/s1. The molecule has 1 saturated carbocycles. The van der Waals surface area contributed by atoms with Crippen LogP contribution in [-0.2, 0) is 23.4 Å². The maximum Gasteiger partial charge on any atom is 0.338 e. The number of fused-ring (bicyclic) bond motifs is 1. The van der Waals surface area contributed by atoms with Crippen LogP contribution < -0.4 is 10.4 Å². The zero-order valence-electron chi connectivity index (χ0n) is 20.9. The average molecular weight is 485 g/mol. The zero-order chi connectivity index (χ0) is 24.8. The van der Waals surface area contributed by atoms with Crippen LogP contribution in [0.1, 0.15) is 47.5 Å². The van der Waals surface area contributed by atoms with Crippen molar-refractivity contribution in [3.63, 3.8) is 0 Å². The largest absolute Gasteiger partial charge is 0.467 e. The third kappa shape index (κ3) is 4.36. The Kier molecular flexibility index (Phi) is 6.55. The topological polar surface area (TPSA) is 74.2 Å². The van der Waals surface area contributed by atoms with E-state index in [0.29, 0.717) is 0 Å². The quantitative estimate of drug-likeness (QED) is 0.519. The summed E-state index contributed by atoms with van der Waals surface area (Å²) in [6, 6.07) is 20.6. The fraction of sp³-hybridized carbons (Fsp3) is 0.519. The lowest BCUT2D eigenvalue weighted by Gasteiger charge is -2.49. The van der Waals surface area contributed by atoms with Gasteiger partial charge in [-0.05, 0) is 29.3 Å². The van der Waals surface area contributed by atoms with Gasteiger partial charge < -0.3 is 23.7 Å². The molecule has 0 bridgehead atoms. The lowest BCUT2D eigenvalue weighted by Crippen LogP contribution is -2.70. The lowest BCUT2D eigenvalue weighted by atomic mass is 9.80. The van der Waals surface area contributed by atoms with Crippen molar-refractivity contribution in [1.29, 1.82) is 0 Å². The van der Waals surface area contributed by atoms with Gasteiger partial charge in [-0.25, -0.2) is 4.79 Å². The minimum atomic E-state index is -2.95. The third-order valence-corrected chi connectivity index (χ3v) is 12.0. The van der Waals surface area contributed by atoms with Crippen molar-refractivity contribution in [1.82, 2.24) is 0 Å². The summed E-state index contributed by atoms with van der Waals surface area (Å²) in [5, 5.41) is 13.4. The van der Waals surface area contributed by atoms with Gasteiger partial charge >= 0.3 is 5.97 Å². The predicted molar refractivity (Wildman–Crippen MR) is 133 cm³/mol. The van der Waals surface area contributed by atoms with E-state index in [1.54, 1.807) is 0 Å². The van der Waals surface area contributed by atoms with Crippen molar-refractivity contribution in [3.8, 4) is 0 Å². The Bertz CT molecular complexity index is 963. The zero-order valence-corrected chi connectivity index (χ0v) is 21.9. The number of benzene rings is 2. The molecule has 0 unspecified atom stereocenters. The SMILES string of the molecule is COC(=O)[C@]1(O)C[C@H]2OC(C)(C)O[C@H]2[C@H](O[Si](c2ccccc2)(c2ccccc2)C(C)(C)C)C1. The van der Waals surface area contributed by atoms with Crippen molar-refractivity contribution in [2.45, 2.75) is 82.2 Å². The smallest absolute Gasteiger partial charge is 0.338 e. The van der Waals surface area contributed by atoms with Crippen LogP contribution >= 0.6 is 0 Å². The Hall–Kier alpha value is -2.03. The molecule has 2 aliphatic rings. The Labute approximate surface area is 203 Å². The van der Waals surface area contributed by atoms with Crippen LogP contribution in [0.25, 0.3) is 0 Å². The van der Waals surface area contributed by atoms with Crippen LogP contribution in [0.3, 0.4) is 0 Å². The van der Waals surface area contributed by atoms with Gasteiger partial charge in [0.2, 0.25) is 0 Å². The summed E-state index contributed by atoms with van der Waals surface area (Å²) in [5.41, 5.74) is -1.71. The summed E-state index contributed by atoms with van der Waals surface area (Å²) >= 11 is 0. The van der Waals surface area contributed by atoms with Gasteiger partial charge in [-0.2, -0.15) is 0 Å². The molecule has 4 atom stereocenters. The van der Waals surface area contributed by atoms with Gasteiger partial charge in [0.1, 0.15) is 6.10 Å². The van der Waals surface area contributed by atoms with Gasteiger partial charge in [-0.3, -0.25) is 0 Å². The molecule has 1 aliphatic carbocycles. The number of aliphatic hydroxyl groups is 1.